The highest BCUT2D eigenvalue weighted by molar-refractivity contribution is 5.99. The van der Waals surface area contributed by atoms with Gasteiger partial charge in [0.15, 0.2) is 0 Å². The number of amides is 2. The fraction of sp³-hybridized carbons (Fsp3) is 0.552. The van der Waals surface area contributed by atoms with Gasteiger partial charge in [0.05, 0.1) is 25.2 Å². The van der Waals surface area contributed by atoms with Gasteiger partial charge in [-0.25, -0.2) is 0 Å². The number of carbonyl (C=O) groups excluding carboxylic acids is 3. The summed E-state index contributed by atoms with van der Waals surface area (Å²) in [6, 6.07) is 7.44. The topological polar surface area (TPSA) is 96.4 Å². The second-order valence-electron chi connectivity index (χ2n) is 10.4. The Bertz CT molecular complexity index is 1100. The summed E-state index contributed by atoms with van der Waals surface area (Å²) in [5, 5.41) is 10.6. The van der Waals surface area contributed by atoms with Crippen LogP contribution in [0.2, 0.25) is 0 Å². The van der Waals surface area contributed by atoms with Crippen molar-refractivity contribution in [3.05, 3.63) is 60.2 Å². The number of likely N-dealkylation sites (tertiary alicyclic amines) is 1. The average Bonchev–Trinajstić information content (AvgIpc) is 3.25. The van der Waals surface area contributed by atoms with Crippen LogP contribution in [-0.4, -0.2) is 76.2 Å². The molecule has 4 heterocycles. The Morgan fingerprint density at radius 1 is 1.05 bits per heavy atom. The van der Waals surface area contributed by atoms with Crippen molar-refractivity contribution in [1.29, 1.82) is 0 Å². The Hall–Kier alpha value is -2.97. The molecule has 2 saturated heterocycles. The average molecular weight is 509 g/mol. The Morgan fingerprint density at radius 3 is 2.54 bits per heavy atom. The van der Waals surface area contributed by atoms with Crippen molar-refractivity contribution >= 4 is 17.8 Å². The molecule has 0 aromatic heterocycles. The lowest BCUT2D eigenvalue weighted by Gasteiger charge is -2.41. The number of cyclic esters (lactones) is 1. The maximum atomic E-state index is 14.5. The highest BCUT2D eigenvalue weighted by Crippen LogP contribution is 2.59. The predicted molar refractivity (Wildman–Crippen MR) is 136 cm³/mol. The van der Waals surface area contributed by atoms with E-state index in [0.717, 1.165) is 18.4 Å². The predicted octanol–water partition coefficient (Wildman–Crippen LogP) is 2.78. The molecule has 1 N–H and O–H groups in total. The molecule has 2 fully saturated rings. The third kappa shape index (κ3) is 3.92. The molecule has 1 unspecified atom stereocenters. The molecule has 0 saturated carbocycles. The van der Waals surface area contributed by atoms with Crippen molar-refractivity contribution in [2.75, 3.05) is 26.3 Å². The summed E-state index contributed by atoms with van der Waals surface area (Å²) in [5.41, 5.74) is -1.70. The molecule has 0 bridgehead atoms. The molecule has 8 nitrogen and oxygen atoms in total. The molecule has 198 valence electrons. The Kier molecular flexibility index (Phi) is 6.98. The monoisotopic (exact) mass is 508 g/mol. The maximum Gasteiger partial charge on any atom is 0.313 e. The molecular formula is C29H36N2O6. The summed E-state index contributed by atoms with van der Waals surface area (Å²) in [7, 11) is 0. The van der Waals surface area contributed by atoms with Crippen LogP contribution in [-0.2, 0) is 23.9 Å². The van der Waals surface area contributed by atoms with E-state index in [1.807, 2.05) is 61.6 Å². The standard InChI is InChI=1S/C29H36N2O6/c1-3-5-16-30-17-11-15-29-22(23-27(35)36-18-10-9-14-28(23,4-2)37-29)25(33)31(24(29)26(30)34)21(19-32)20-12-7-6-8-13-20/h6-9,11-15,21-24,32H,3-5,10,16-19H2,1-2H3/t21-,22+,23-,24?,28+,29+/m1/s1. The van der Waals surface area contributed by atoms with Gasteiger partial charge < -0.3 is 24.4 Å². The van der Waals surface area contributed by atoms with E-state index in [0.29, 0.717) is 25.9 Å². The molecule has 4 aliphatic heterocycles. The Morgan fingerprint density at radius 2 is 1.84 bits per heavy atom. The Labute approximate surface area is 217 Å². The van der Waals surface area contributed by atoms with Gasteiger partial charge in [-0.15, -0.1) is 0 Å². The second kappa shape index (κ2) is 10.1. The van der Waals surface area contributed by atoms with Crippen molar-refractivity contribution < 1.29 is 29.0 Å². The second-order valence-corrected chi connectivity index (χ2v) is 10.4. The van der Waals surface area contributed by atoms with Crippen LogP contribution in [0.5, 0.6) is 0 Å². The number of unbranched alkanes of at least 4 members (excludes halogenated alkanes) is 1. The van der Waals surface area contributed by atoms with E-state index in [9.17, 15) is 19.5 Å². The molecule has 1 aromatic carbocycles. The lowest BCUT2D eigenvalue weighted by Crippen LogP contribution is -2.57. The van der Waals surface area contributed by atoms with Gasteiger partial charge in [-0.05, 0) is 24.8 Å². The van der Waals surface area contributed by atoms with Crippen LogP contribution < -0.4 is 0 Å². The normalized spacial score (nSPS) is 33.8. The first-order chi connectivity index (χ1) is 17.9. The molecule has 8 heteroatoms. The van der Waals surface area contributed by atoms with Crippen LogP contribution in [0.3, 0.4) is 0 Å². The quantitative estimate of drug-likeness (QED) is 0.450. The maximum absolute atomic E-state index is 14.5. The van der Waals surface area contributed by atoms with E-state index in [-0.39, 0.29) is 25.0 Å². The summed E-state index contributed by atoms with van der Waals surface area (Å²) >= 11 is 0. The molecule has 5 rings (SSSR count). The number of aliphatic hydroxyl groups is 1. The number of aliphatic hydroxyl groups excluding tert-OH is 1. The fourth-order valence-corrected chi connectivity index (χ4v) is 6.63. The summed E-state index contributed by atoms with van der Waals surface area (Å²) in [5.74, 6) is -2.91. The number of hydrogen-bond donors (Lipinski definition) is 1. The largest absolute Gasteiger partial charge is 0.465 e. The van der Waals surface area contributed by atoms with E-state index < -0.39 is 41.1 Å². The summed E-state index contributed by atoms with van der Waals surface area (Å²) < 4.78 is 12.5. The highest BCUT2D eigenvalue weighted by Gasteiger charge is 2.76. The van der Waals surface area contributed by atoms with Crippen LogP contribution in [0.1, 0.15) is 51.1 Å². The first-order valence-electron chi connectivity index (χ1n) is 13.4. The van der Waals surface area contributed by atoms with Crippen LogP contribution in [0.4, 0.5) is 0 Å². The number of ether oxygens (including phenoxy) is 2. The van der Waals surface area contributed by atoms with Gasteiger partial charge in [0.2, 0.25) is 11.8 Å². The summed E-state index contributed by atoms with van der Waals surface area (Å²) in [6.45, 7) is 4.81. The number of nitrogens with zero attached hydrogens (tertiary/aromatic N) is 2. The molecule has 4 aliphatic rings. The van der Waals surface area contributed by atoms with Gasteiger partial charge in [0.1, 0.15) is 23.2 Å². The minimum absolute atomic E-state index is 0.221. The minimum atomic E-state index is -1.36. The minimum Gasteiger partial charge on any atom is -0.465 e. The van der Waals surface area contributed by atoms with Crippen molar-refractivity contribution in [1.82, 2.24) is 9.80 Å². The van der Waals surface area contributed by atoms with Crippen LogP contribution in [0, 0.1) is 11.8 Å². The van der Waals surface area contributed by atoms with Gasteiger partial charge in [-0.2, -0.15) is 0 Å². The van der Waals surface area contributed by atoms with E-state index in [4.69, 9.17) is 9.47 Å². The van der Waals surface area contributed by atoms with Crippen LogP contribution in [0.25, 0.3) is 0 Å². The third-order valence-electron chi connectivity index (χ3n) is 8.40. The molecule has 0 radical (unpaired) electrons. The fourth-order valence-electron chi connectivity index (χ4n) is 6.63. The lowest BCUT2D eigenvalue weighted by molar-refractivity contribution is -0.163. The number of rotatable bonds is 7. The third-order valence-corrected chi connectivity index (χ3v) is 8.40. The van der Waals surface area contributed by atoms with E-state index >= 15 is 0 Å². The van der Waals surface area contributed by atoms with Gasteiger partial charge in [-0.1, -0.05) is 74.9 Å². The molecule has 0 aliphatic carbocycles. The number of esters is 1. The molecular weight excluding hydrogens is 472 g/mol. The van der Waals surface area contributed by atoms with Crippen molar-refractivity contribution in [3.8, 4) is 0 Å². The SMILES string of the molecule is CCCCN1CC=C[C@]23O[C@@]4(CC)C=CCCOC(=O)[C@H]4[C@H]2C(=O)N([C@H](CO)c2ccccc2)C3C1=O. The first-order valence-corrected chi connectivity index (χ1v) is 13.4. The molecule has 37 heavy (non-hydrogen) atoms. The highest BCUT2D eigenvalue weighted by atomic mass is 16.6. The lowest BCUT2D eigenvalue weighted by atomic mass is 9.73. The summed E-state index contributed by atoms with van der Waals surface area (Å²) in [4.78, 5) is 45.5. The van der Waals surface area contributed by atoms with Gasteiger partial charge in [0.25, 0.3) is 0 Å². The van der Waals surface area contributed by atoms with Gasteiger partial charge in [0, 0.05) is 13.1 Å². The summed E-state index contributed by atoms with van der Waals surface area (Å²) in [6.07, 6.45) is 10.3. The zero-order valence-corrected chi connectivity index (χ0v) is 21.5. The Balaban J connectivity index is 1.69. The van der Waals surface area contributed by atoms with Crippen molar-refractivity contribution in [2.24, 2.45) is 11.8 Å². The van der Waals surface area contributed by atoms with Crippen molar-refractivity contribution in [2.45, 2.75) is 62.8 Å². The zero-order valence-electron chi connectivity index (χ0n) is 21.5. The smallest absolute Gasteiger partial charge is 0.313 e. The molecule has 2 amide bonds. The molecule has 1 aromatic rings. The van der Waals surface area contributed by atoms with Gasteiger partial charge >= 0.3 is 5.97 Å². The number of hydrogen-bond acceptors (Lipinski definition) is 6. The van der Waals surface area contributed by atoms with Crippen LogP contribution >= 0.6 is 0 Å². The van der Waals surface area contributed by atoms with Crippen LogP contribution in [0.15, 0.2) is 54.6 Å². The van der Waals surface area contributed by atoms with E-state index in [1.165, 1.54) is 4.90 Å². The van der Waals surface area contributed by atoms with Gasteiger partial charge in [-0.3, -0.25) is 14.4 Å². The molecule has 6 atom stereocenters. The molecule has 1 spiro atoms. The number of benzene rings is 1. The zero-order chi connectivity index (χ0) is 26.2. The number of fused-ring (bicyclic) bond motifs is 2. The number of carbonyl (C=O) groups is 3. The first kappa shape index (κ1) is 25.7. The van der Waals surface area contributed by atoms with E-state index in [2.05, 4.69) is 6.92 Å². The van der Waals surface area contributed by atoms with Crippen molar-refractivity contribution in [3.63, 3.8) is 0 Å². The van der Waals surface area contributed by atoms with E-state index in [1.54, 1.807) is 4.90 Å².